The standard InChI is InChI=1S/C61H40/c1-35-30-36(2)54(37(3)31-35)41-28-29-44-50(33-41)47-25-15-26-48-56(47)51(44)34-53-58(46-23-13-12-21-42(46)38-16-6-4-7-17-38)60-49-27-14-24-45-43-22-11-10-20-40(43)32-52(57(45)49)61(60)55(59(48)53)39-18-8-5-9-19-39/h4-34H,1-3H3. The third kappa shape index (κ3) is 4.76. The smallest absolute Gasteiger partial charge is 0.000697 e. The fourth-order valence-electron chi connectivity index (χ4n) is 11.5. The van der Waals surface area contributed by atoms with E-state index in [-0.39, 0.29) is 0 Å². The second kappa shape index (κ2) is 12.7. The molecule has 13 rings (SSSR count). The monoisotopic (exact) mass is 772 g/mol. The van der Waals surface area contributed by atoms with Gasteiger partial charge in [0.25, 0.3) is 0 Å². The third-order valence-electron chi connectivity index (χ3n) is 13.8. The van der Waals surface area contributed by atoms with Gasteiger partial charge in [0.1, 0.15) is 0 Å². The summed E-state index contributed by atoms with van der Waals surface area (Å²) in [5.74, 6) is 0. The molecule has 0 atom stereocenters. The van der Waals surface area contributed by atoms with Crippen LogP contribution in [0.15, 0.2) is 188 Å². The molecule has 0 heterocycles. The first-order valence-electron chi connectivity index (χ1n) is 21.5. The Morgan fingerprint density at radius 2 is 0.820 bits per heavy atom. The van der Waals surface area contributed by atoms with Gasteiger partial charge in [0, 0.05) is 0 Å². The van der Waals surface area contributed by atoms with Gasteiger partial charge < -0.3 is 0 Å². The molecule has 0 fully saturated rings. The fourth-order valence-corrected chi connectivity index (χ4v) is 11.5. The molecular formula is C61H40. The predicted octanol–water partition coefficient (Wildman–Crippen LogP) is 17.4. The van der Waals surface area contributed by atoms with Gasteiger partial charge >= 0.3 is 0 Å². The first-order valence-corrected chi connectivity index (χ1v) is 21.5. The number of fused-ring (bicyclic) bond motifs is 10. The van der Waals surface area contributed by atoms with Gasteiger partial charge in [0.2, 0.25) is 0 Å². The second-order valence-corrected chi connectivity index (χ2v) is 17.3. The largest absolute Gasteiger partial charge is 0.0622 e. The Kier molecular flexibility index (Phi) is 7.17. The number of hydrogen-bond donors (Lipinski definition) is 0. The average Bonchev–Trinajstić information content (AvgIpc) is 3.79. The van der Waals surface area contributed by atoms with Gasteiger partial charge in [0.15, 0.2) is 0 Å². The van der Waals surface area contributed by atoms with E-state index < -0.39 is 0 Å². The fraction of sp³-hybridized carbons (Fsp3) is 0.0492. The van der Waals surface area contributed by atoms with E-state index in [9.17, 15) is 0 Å². The maximum Gasteiger partial charge on any atom is -0.000697 e. The molecule has 0 spiro atoms. The molecule has 0 unspecified atom stereocenters. The van der Waals surface area contributed by atoms with Crippen LogP contribution in [0.2, 0.25) is 0 Å². The molecule has 0 amide bonds. The van der Waals surface area contributed by atoms with Crippen molar-refractivity contribution < 1.29 is 0 Å². The summed E-state index contributed by atoms with van der Waals surface area (Å²) in [6.45, 7) is 6.71. The quantitative estimate of drug-likeness (QED) is 0.156. The van der Waals surface area contributed by atoms with Crippen LogP contribution < -0.4 is 0 Å². The van der Waals surface area contributed by atoms with Crippen LogP contribution in [0.5, 0.6) is 0 Å². The van der Waals surface area contributed by atoms with Gasteiger partial charge in [-0.05, 0) is 181 Å². The maximum absolute atomic E-state index is 2.57. The average molecular weight is 773 g/mol. The number of hydrogen-bond acceptors (Lipinski definition) is 0. The van der Waals surface area contributed by atoms with E-state index in [1.165, 1.54) is 147 Å². The van der Waals surface area contributed by atoms with E-state index in [1.54, 1.807) is 0 Å². The Morgan fingerprint density at radius 3 is 1.57 bits per heavy atom. The van der Waals surface area contributed by atoms with Crippen LogP contribution in [-0.2, 0) is 0 Å². The topological polar surface area (TPSA) is 0 Å². The summed E-state index contributed by atoms with van der Waals surface area (Å²) in [6, 6.07) is 71.1. The molecule has 0 heteroatoms. The molecular weight excluding hydrogens is 733 g/mol. The van der Waals surface area contributed by atoms with Gasteiger partial charge in [-0.3, -0.25) is 0 Å². The van der Waals surface area contributed by atoms with E-state index in [1.807, 2.05) is 0 Å². The van der Waals surface area contributed by atoms with Crippen molar-refractivity contribution in [1.29, 1.82) is 0 Å². The lowest BCUT2D eigenvalue weighted by Crippen LogP contribution is -1.93. The molecule has 0 aliphatic carbocycles. The van der Waals surface area contributed by atoms with E-state index in [0.29, 0.717) is 0 Å². The molecule has 0 bridgehead atoms. The molecule has 61 heavy (non-hydrogen) atoms. The van der Waals surface area contributed by atoms with Crippen LogP contribution in [0.1, 0.15) is 16.7 Å². The SMILES string of the molecule is Cc1cc(C)c(-c2ccc3c(c2)c2cccc4c5c(-c6ccccc6)c6c7cc8ccccc8c8cccc(c6c(-c6ccccc6-c6ccccc6)c5cc3c24)c87)c(C)c1. The van der Waals surface area contributed by atoms with Gasteiger partial charge in [-0.1, -0.05) is 175 Å². The Hall–Kier alpha value is -7.54. The van der Waals surface area contributed by atoms with Crippen molar-refractivity contribution in [1.82, 2.24) is 0 Å². The summed E-state index contributed by atoms with van der Waals surface area (Å²) in [6.07, 6.45) is 0. The zero-order valence-electron chi connectivity index (χ0n) is 34.4. The molecule has 13 aromatic rings. The Labute approximate surface area is 354 Å². The van der Waals surface area contributed by atoms with E-state index in [2.05, 4.69) is 209 Å². The normalized spacial score (nSPS) is 12.2. The Bertz CT molecular complexity index is 3900. The zero-order valence-corrected chi connectivity index (χ0v) is 34.4. The van der Waals surface area contributed by atoms with Crippen LogP contribution in [0.4, 0.5) is 0 Å². The van der Waals surface area contributed by atoms with Crippen molar-refractivity contribution in [2.24, 2.45) is 0 Å². The van der Waals surface area contributed by atoms with Crippen molar-refractivity contribution in [3.05, 3.63) is 205 Å². The number of aryl methyl sites for hydroxylation is 3. The van der Waals surface area contributed by atoms with Crippen LogP contribution >= 0.6 is 0 Å². The Balaban J connectivity index is 1.30. The lowest BCUT2D eigenvalue weighted by Gasteiger charge is -2.20. The van der Waals surface area contributed by atoms with Crippen molar-refractivity contribution in [3.63, 3.8) is 0 Å². The molecule has 0 aliphatic rings. The molecule has 0 saturated carbocycles. The number of rotatable bonds is 4. The minimum Gasteiger partial charge on any atom is -0.0622 e. The lowest BCUT2D eigenvalue weighted by atomic mass is 9.82. The van der Waals surface area contributed by atoms with Crippen molar-refractivity contribution in [2.75, 3.05) is 0 Å². The summed E-state index contributed by atoms with van der Waals surface area (Å²) in [7, 11) is 0. The summed E-state index contributed by atoms with van der Waals surface area (Å²) in [5, 5.41) is 21.0. The first kappa shape index (κ1) is 34.3. The van der Waals surface area contributed by atoms with Crippen LogP contribution in [0.3, 0.4) is 0 Å². The summed E-state index contributed by atoms with van der Waals surface area (Å²) < 4.78 is 0. The zero-order chi connectivity index (χ0) is 40.5. The summed E-state index contributed by atoms with van der Waals surface area (Å²) in [5.41, 5.74) is 14.1. The molecule has 0 aliphatic heterocycles. The highest BCUT2D eigenvalue weighted by molar-refractivity contribution is 6.46. The van der Waals surface area contributed by atoms with E-state index in [0.717, 1.165) is 0 Å². The molecule has 0 N–H and O–H groups in total. The van der Waals surface area contributed by atoms with Gasteiger partial charge in [0.05, 0.1) is 0 Å². The van der Waals surface area contributed by atoms with Crippen LogP contribution in [0.25, 0.3) is 131 Å². The van der Waals surface area contributed by atoms with Crippen LogP contribution in [0, 0.1) is 20.8 Å². The lowest BCUT2D eigenvalue weighted by molar-refractivity contribution is 1.32. The minimum atomic E-state index is 1.22. The third-order valence-corrected chi connectivity index (χ3v) is 13.8. The summed E-state index contributed by atoms with van der Waals surface area (Å²) in [4.78, 5) is 0. The van der Waals surface area contributed by atoms with Crippen LogP contribution in [-0.4, -0.2) is 0 Å². The van der Waals surface area contributed by atoms with Crippen molar-refractivity contribution in [3.8, 4) is 44.5 Å². The van der Waals surface area contributed by atoms with Crippen molar-refractivity contribution in [2.45, 2.75) is 20.8 Å². The van der Waals surface area contributed by atoms with Gasteiger partial charge in [-0.2, -0.15) is 0 Å². The number of benzene rings is 11. The molecule has 0 radical (unpaired) electrons. The van der Waals surface area contributed by atoms with E-state index >= 15 is 0 Å². The highest BCUT2D eigenvalue weighted by Gasteiger charge is 2.28. The molecule has 0 saturated heterocycles. The van der Waals surface area contributed by atoms with E-state index in [4.69, 9.17) is 0 Å². The molecule has 13 aromatic carbocycles. The van der Waals surface area contributed by atoms with Gasteiger partial charge in [-0.15, -0.1) is 0 Å². The minimum absolute atomic E-state index is 1.22. The van der Waals surface area contributed by atoms with Crippen molar-refractivity contribution >= 4 is 86.2 Å². The van der Waals surface area contributed by atoms with Gasteiger partial charge in [-0.25, -0.2) is 0 Å². The molecule has 0 nitrogen and oxygen atoms in total. The molecule has 284 valence electrons. The molecule has 0 aromatic heterocycles. The highest BCUT2D eigenvalue weighted by atomic mass is 14.3. The summed E-state index contributed by atoms with van der Waals surface area (Å²) >= 11 is 0. The second-order valence-electron chi connectivity index (χ2n) is 17.3. The Morgan fingerprint density at radius 1 is 0.246 bits per heavy atom. The highest BCUT2D eigenvalue weighted by Crippen LogP contribution is 2.56. The predicted molar refractivity (Wildman–Crippen MR) is 265 cm³/mol. The first-order chi connectivity index (χ1) is 30.0. The maximum atomic E-state index is 2.57.